The maximum absolute atomic E-state index is 12.0. The summed E-state index contributed by atoms with van der Waals surface area (Å²) in [5.41, 5.74) is 0.893. The Balaban J connectivity index is 1.98. The Morgan fingerprint density at radius 3 is 2.55 bits per heavy atom. The highest BCUT2D eigenvalue weighted by molar-refractivity contribution is 7.91. The highest BCUT2D eigenvalue weighted by atomic mass is 32.2. The van der Waals surface area contributed by atoms with E-state index in [-0.39, 0.29) is 23.6 Å². The van der Waals surface area contributed by atoms with E-state index in [9.17, 15) is 8.42 Å². The quantitative estimate of drug-likeness (QED) is 0.612. The molecule has 2 fully saturated rings. The van der Waals surface area contributed by atoms with Gasteiger partial charge in [0.2, 0.25) is 0 Å². The van der Waals surface area contributed by atoms with E-state index >= 15 is 0 Å². The van der Waals surface area contributed by atoms with Crippen LogP contribution >= 0.6 is 12.2 Å². The lowest BCUT2D eigenvalue weighted by Gasteiger charge is -2.25. The van der Waals surface area contributed by atoms with Gasteiger partial charge in [-0.3, -0.25) is 0 Å². The lowest BCUT2D eigenvalue weighted by Crippen LogP contribution is -2.37. The van der Waals surface area contributed by atoms with Gasteiger partial charge in [0.15, 0.2) is 14.9 Å². The number of thiocarbonyl (C=S) groups is 1. The SMILES string of the molecule is C=CCN1C(=S)N(c2ccc(OC)cc2)[C@@H]2CS(=O)(=O)C[C@@H]21. The zero-order chi connectivity index (χ0) is 15.9. The second-order valence-electron chi connectivity index (χ2n) is 5.50. The van der Waals surface area contributed by atoms with Crippen LogP contribution in [0, 0.1) is 0 Å². The molecule has 7 heteroatoms. The summed E-state index contributed by atoms with van der Waals surface area (Å²) in [5.74, 6) is 1.04. The summed E-state index contributed by atoms with van der Waals surface area (Å²) in [4.78, 5) is 3.91. The maximum atomic E-state index is 12.0. The largest absolute Gasteiger partial charge is 0.497 e. The summed E-state index contributed by atoms with van der Waals surface area (Å²) in [6.07, 6.45) is 1.76. The molecular formula is C15H18N2O3S2. The van der Waals surface area contributed by atoms with Crippen LogP contribution in [-0.2, 0) is 9.84 Å². The lowest BCUT2D eigenvalue weighted by molar-refractivity contribution is 0.389. The van der Waals surface area contributed by atoms with Crippen LogP contribution in [0.1, 0.15) is 0 Å². The van der Waals surface area contributed by atoms with Crippen molar-refractivity contribution in [2.24, 2.45) is 0 Å². The molecule has 22 heavy (non-hydrogen) atoms. The fraction of sp³-hybridized carbons (Fsp3) is 0.400. The fourth-order valence-electron chi connectivity index (χ4n) is 3.17. The number of hydrogen-bond acceptors (Lipinski definition) is 4. The van der Waals surface area contributed by atoms with E-state index in [1.807, 2.05) is 34.1 Å². The summed E-state index contributed by atoms with van der Waals surface area (Å²) >= 11 is 5.58. The van der Waals surface area contributed by atoms with Crippen molar-refractivity contribution in [3.8, 4) is 5.75 Å². The first-order valence-corrected chi connectivity index (χ1v) is 9.25. The van der Waals surface area contributed by atoms with Gasteiger partial charge in [-0.15, -0.1) is 6.58 Å². The summed E-state index contributed by atoms with van der Waals surface area (Å²) in [6.45, 7) is 4.30. The van der Waals surface area contributed by atoms with Crippen LogP contribution in [0.3, 0.4) is 0 Å². The van der Waals surface area contributed by atoms with E-state index in [1.165, 1.54) is 0 Å². The van der Waals surface area contributed by atoms with Crippen LogP contribution in [0.2, 0.25) is 0 Å². The molecule has 5 nitrogen and oxygen atoms in total. The van der Waals surface area contributed by atoms with Crippen LogP contribution < -0.4 is 9.64 Å². The van der Waals surface area contributed by atoms with Crippen molar-refractivity contribution in [2.75, 3.05) is 30.1 Å². The molecule has 0 amide bonds. The normalized spacial score (nSPS) is 26.1. The average Bonchev–Trinajstić information content (AvgIpc) is 2.91. The Bertz CT molecular complexity index is 700. The highest BCUT2D eigenvalue weighted by Crippen LogP contribution is 2.35. The summed E-state index contributed by atoms with van der Waals surface area (Å²) in [6, 6.07) is 7.29. The Labute approximate surface area is 136 Å². The molecule has 0 N–H and O–H groups in total. The number of sulfone groups is 1. The molecule has 2 aliphatic heterocycles. The van der Waals surface area contributed by atoms with E-state index in [1.54, 1.807) is 13.2 Å². The molecule has 1 aromatic carbocycles. The van der Waals surface area contributed by atoms with Gasteiger partial charge >= 0.3 is 0 Å². The van der Waals surface area contributed by atoms with Crippen molar-refractivity contribution in [1.29, 1.82) is 0 Å². The van der Waals surface area contributed by atoms with Crippen molar-refractivity contribution in [2.45, 2.75) is 12.1 Å². The molecule has 3 rings (SSSR count). The van der Waals surface area contributed by atoms with Crippen LogP contribution in [0.4, 0.5) is 5.69 Å². The van der Waals surface area contributed by atoms with E-state index in [4.69, 9.17) is 17.0 Å². The highest BCUT2D eigenvalue weighted by Gasteiger charge is 2.51. The molecule has 0 unspecified atom stereocenters. The molecule has 0 spiro atoms. The number of ether oxygens (including phenoxy) is 1. The minimum absolute atomic E-state index is 0.0994. The minimum atomic E-state index is -3.04. The van der Waals surface area contributed by atoms with Gasteiger partial charge in [-0.05, 0) is 36.5 Å². The number of methoxy groups -OCH3 is 1. The van der Waals surface area contributed by atoms with E-state index in [0.717, 1.165) is 11.4 Å². The number of fused-ring (bicyclic) bond motifs is 1. The van der Waals surface area contributed by atoms with Crippen molar-refractivity contribution in [3.63, 3.8) is 0 Å². The zero-order valence-electron chi connectivity index (χ0n) is 12.3. The molecule has 0 saturated carbocycles. The number of anilines is 1. The summed E-state index contributed by atoms with van der Waals surface area (Å²) in [7, 11) is -1.42. The second kappa shape index (κ2) is 5.55. The van der Waals surface area contributed by atoms with Gasteiger partial charge < -0.3 is 14.5 Å². The lowest BCUT2D eigenvalue weighted by atomic mass is 10.1. The van der Waals surface area contributed by atoms with Gasteiger partial charge in [0.25, 0.3) is 0 Å². The van der Waals surface area contributed by atoms with Crippen LogP contribution in [0.15, 0.2) is 36.9 Å². The number of rotatable bonds is 4. The summed E-state index contributed by atoms with van der Waals surface area (Å²) < 4.78 is 29.2. The topological polar surface area (TPSA) is 49.9 Å². The van der Waals surface area contributed by atoms with Gasteiger partial charge in [-0.2, -0.15) is 0 Å². The first kappa shape index (κ1) is 15.3. The molecule has 0 radical (unpaired) electrons. The number of nitrogens with zero attached hydrogens (tertiary/aromatic N) is 2. The van der Waals surface area contributed by atoms with Crippen LogP contribution in [0.25, 0.3) is 0 Å². The predicted molar refractivity (Wildman–Crippen MR) is 91.2 cm³/mol. The van der Waals surface area contributed by atoms with Gasteiger partial charge in [0.05, 0.1) is 30.7 Å². The molecule has 2 heterocycles. The van der Waals surface area contributed by atoms with E-state index in [0.29, 0.717) is 11.7 Å². The first-order chi connectivity index (χ1) is 10.5. The third kappa shape index (κ3) is 2.48. The van der Waals surface area contributed by atoms with Crippen molar-refractivity contribution < 1.29 is 13.2 Å². The van der Waals surface area contributed by atoms with Gasteiger partial charge in [-0.25, -0.2) is 8.42 Å². The zero-order valence-corrected chi connectivity index (χ0v) is 13.9. The Kier molecular flexibility index (Phi) is 3.86. The fourth-order valence-corrected chi connectivity index (χ4v) is 5.58. The smallest absolute Gasteiger partial charge is 0.177 e. The van der Waals surface area contributed by atoms with Crippen LogP contribution in [0.5, 0.6) is 5.75 Å². The maximum Gasteiger partial charge on any atom is 0.177 e. The van der Waals surface area contributed by atoms with E-state index < -0.39 is 9.84 Å². The minimum Gasteiger partial charge on any atom is -0.497 e. The molecule has 2 saturated heterocycles. The predicted octanol–water partition coefficient (Wildman–Crippen LogP) is 1.45. The third-order valence-electron chi connectivity index (χ3n) is 4.15. The number of benzene rings is 1. The second-order valence-corrected chi connectivity index (χ2v) is 8.02. The van der Waals surface area contributed by atoms with Gasteiger partial charge in [0.1, 0.15) is 5.75 Å². The average molecular weight is 338 g/mol. The number of hydrogen-bond donors (Lipinski definition) is 0. The standard InChI is InChI=1S/C15H18N2O3S2/c1-3-8-16-13-9-22(18,19)10-14(13)17(15(16)21)11-4-6-12(20-2)7-5-11/h3-7,13-14H,1,8-10H2,2H3/t13-,14+/m0/s1. The molecular weight excluding hydrogens is 320 g/mol. The monoisotopic (exact) mass is 338 g/mol. The van der Waals surface area contributed by atoms with Crippen molar-refractivity contribution in [1.82, 2.24) is 4.90 Å². The van der Waals surface area contributed by atoms with Gasteiger partial charge in [0, 0.05) is 12.2 Å². The van der Waals surface area contributed by atoms with E-state index in [2.05, 4.69) is 6.58 Å². The Morgan fingerprint density at radius 1 is 1.32 bits per heavy atom. The van der Waals surface area contributed by atoms with Crippen molar-refractivity contribution >= 4 is 32.9 Å². The summed E-state index contributed by atoms with van der Waals surface area (Å²) in [5, 5.41) is 0.662. The molecule has 1 aromatic rings. The molecule has 2 atom stereocenters. The third-order valence-corrected chi connectivity index (χ3v) is 6.28. The molecule has 0 aliphatic carbocycles. The molecule has 0 aromatic heterocycles. The molecule has 2 aliphatic rings. The van der Waals surface area contributed by atoms with Crippen LogP contribution in [-0.4, -0.2) is 55.7 Å². The Hall–Kier alpha value is -1.60. The first-order valence-electron chi connectivity index (χ1n) is 7.02. The molecule has 118 valence electrons. The molecule has 0 bridgehead atoms. The van der Waals surface area contributed by atoms with Gasteiger partial charge in [-0.1, -0.05) is 6.08 Å². The van der Waals surface area contributed by atoms with Crippen molar-refractivity contribution in [3.05, 3.63) is 36.9 Å². The Morgan fingerprint density at radius 2 is 1.95 bits per heavy atom.